The van der Waals surface area contributed by atoms with Crippen LogP contribution in [0.3, 0.4) is 0 Å². The Hall–Kier alpha value is -2.89. The fourth-order valence-electron chi connectivity index (χ4n) is 4.12. The molecule has 0 aromatic heterocycles. The maximum Gasteiger partial charge on any atom is 0.253 e. The highest BCUT2D eigenvalue weighted by Gasteiger charge is 2.32. The fourth-order valence-corrected chi connectivity index (χ4v) is 4.12. The van der Waals surface area contributed by atoms with Gasteiger partial charge in [0.05, 0.1) is 7.11 Å². The van der Waals surface area contributed by atoms with Crippen LogP contribution < -0.4 is 10.1 Å². The monoisotopic (exact) mass is 412 g/mol. The fraction of sp³-hybridized carbons (Fsp3) is 0.417. The first-order valence-corrected chi connectivity index (χ1v) is 10.4. The average molecular weight is 413 g/mol. The van der Waals surface area contributed by atoms with Crippen LogP contribution in [0.4, 0.5) is 4.39 Å². The van der Waals surface area contributed by atoms with Crippen LogP contribution in [0.15, 0.2) is 48.5 Å². The zero-order valence-corrected chi connectivity index (χ0v) is 17.6. The molecule has 1 aliphatic rings. The number of ether oxygens (including phenoxy) is 1. The molecule has 2 amide bonds. The van der Waals surface area contributed by atoms with Gasteiger partial charge in [0.15, 0.2) is 0 Å². The Morgan fingerprint density at radius 1 is 1.13 bits per heavy atom. The van der Waals surface area contributed by atoms with Crippen LogP contribution in [0.1, 0.15) is 42.1 Å². The molecule has 1 heterocycles. The second-order valence-corrected chi connectivity index (χ2v) is 7.77. The van der Waals surface area contributed by atoms with E-state index in [-0.39, 0.29) is 29.5 Å². The Balaban J connectivity index is 1.54. The molecule has 0 saturated carbocycles. The standard InChI is InChI=1S/C24H29FN2O3/c1-3-17-16-27(24(29)18-8-10-21(25)11-9-18)13-12-19(17)14-23(28)26-15-20-6-4-5-7-22(20)30-2/h4-11,17,19H,3,12-16H2,1-2H3,(H,26,28)/t17-,19+/m1/s1. The Kier molecular flexibility index (Phi) is 7.44. The van der Waals surface area contributed by atoms with Gasteiger partial charge in [-0.1, -0.05) is 31.5 Å². The molecule has 6 heteroatoms. The molecule has 0 radical (unpaired) electrons. The van der Waals surface area contributed by atoms with Crippen molar-refractivity contribution in [2.45, 2.75) is 32.7 Å². The zero-order chi connectivity index (χ0) is 21.5. The summed E-state index contributed by atoms with van der Waals surface area (Å²) in [6.07, 6.45) is 2.14. The number of nitrogens with one attached hydrogen (secondary N) is 1. The molecule has 0 aliphatic carbocycles. The van der Waals surface area contributed by atoms with Gasteiger partial charge in [-0.05, 0) is 48.6 Å². The van der Waals surface area contributed by atoms with E-state index in [1.165, 1.54) is 24.3 Å². The predicted molar refractivity (Wildman–Crippen MR) is 114 cm³/mol. The van der Waals surface area contributed by atoms with Gasteiger partial charge in [0.1, 0.15) is 11.6 Å². The van der Waals surface area contributed by atoms with Crippen molar-refractivity contribution in [1.82, 2.24) is 10.2 Å². The molecule has 2 atom stereocenters. The number of nitrogens with zero attached hydrogens (tertiary/aromatic N) is 1. The molecule has 0 unspecified atom stereocenters. The van der Waals surface area contributed by atoms with Crippen LogP contribution >= 0.6 is 0 Å². The third-order valence-electron chi connectivity index (χ3n) is 5.91. The maximum atomic E-state index is 13.1. The maximum absolute atomic E-state index is 13.1. The first-order valence-electron chi connectivity index (χ1n) is 10.4. The average Bonchev–Trinajstić information content (AvgIpc) is 2.78. The van der Waals surface area contributed by atoms with Gasteiger partial charge in [-0.3, -0.25) is 9.59 Å². The smallest absolute Gasteiger partial charge is 0.253 e. The SMILES string of the molecule is CC[C@@H]1CN(C(=O)c2ccc(F)cc2)CC[C@H]1CC(=O)NCc1ccccc1OC. The summed E-state index contributed by atoms with van der Waals surface area (Å²) in [5.74, 6) is 0.855. The Labute approximate surface area is 177 Å². The van der Waals surface area contributed by atoms with E-state index in [0.717, 1.165) is 24.2 Å². The summed E-state index contributed by atoms with van der Waals surface area (Å²) in [7, 11) is 1.62. The van der Waals surface area contributed by atoms with Gasteiger partial charge in [-0.2, -0.15) is 0 Å². The molecule has 0 bridgehead atoms. The van der Waals surface area contributed by atoms with Crippen LogP contribution in [-0.2, 0) is 11.3 Å². The highest BCUT2D eigenvalue weighted by atomic mass is 19.1. The molecule has 2 aromatic carbocycles. The zero-order valence-electron chi connectivity index (χ0n) is 17.6. The van der Waals surface area contributed by atoms with Crippen LogP contribution in [0.25, 0.3) is 0 Å². The molecule has 1 fully saturated rings. The van der Waals surface area contributed by atoms with Crippen LogP contribution in [0.5, 0.6) is 5.75 Å². The summed E-state index contributed by atoms with van der Waals surface area (Å²) < 4.78 is 18.5. The number of hydrogen-bond donors (Lipinski definition) is 1. The first-order chi connectivity index (χ1) is 14.5. The van der Waals surface area contributed by atoms with Crippen LogP contribution in [-0.4, -0.2) is 36.9 Å². The van der Waals surface area contributed by atoms with Gasteiger partial charge in [0.25, 0.3) is 5.91 Å². The number of rotatable bonds is 7. The summed E-state index contributed by atoms with van der Waals surface area (Å²) in [6, 6.07) is 13.3. The minimum absolute atomic E-state index is 0.0164. The predicted octanol–water partition coefficient (Wildman–Crippen LogP) is 4.03. The van der Waals surface area contributed by atoms with Crippen molar-refractivity contribution >= 4 is 11.8 Å². The highest BCUT2D eigenvalue weighted by molar-refractivity contribution is 5.94. The lowest BCUT2D eigenvalue weighted by Gasteiger charge is -2.38. The molecule has 0 spiro atoms. The number of piperidine rings is 1. The van der Waals surface area contributed by atoms with E-state index in [4.69, 9.17) is 4.74 Å². The van der Waals surface area contributed by atoms with Crippen molar-refractivity contribution in [3.63, 3.8) is 0 Å². The van der Waals surface area contributed by atoms with Gasteiger partial charge in [-0.15, -0.1) is 0 Å². The topological polar surface area (TPSA) is 58.6 Å². The summed E-state index contributed by atoms with van der Waals surface area (Å²) in [5.41, 5.74) is 1.44. The number of hydrogen-bond acceptors (Lipinski definition) is 3. The molecule has 160 valence electrons. The molecule has 30 heavy (non-hydrogen) atoms. The number of carbonyl (C=O) groups excluding carboxylic acids is 2. The second-order valence-electron chi connectivity index (χ2n) is 7.77. The van der Waals surface area contributed by atoms with Crippen molar-refractivity contribution in [2.75, 3.05) is 20.2 Å². The summed E-state index contributed by atoms with van der Waals surface area (Å²) in [5, 5.41) is 3.00. The number of para-hydroxylation sites is 1. The summed E-state index contributed by atoms with van der Waals surface area (Å²) in [4.78, 5) is 27.1. The number of methoxy groups -OCH3 is 1. The quantitative estimate of drug-likeness (QED) is 0.747. The normalized spacial score (nSPS) is 18.7. The molecule has 2 aromatic rings. The number of benzene rings is 2. The largest absolute Gasteiger partial charge is 0.496 e. The number of carbonyl (C=O) groups is 2. The van der Waals surface area contributed by atoms with E-state index in [1.54, 1.807) is 7.11 Å². The van der Waals surface area contributed by atoms with Crippen molar-refractivity contribution in [2.24, 2.45) is 11.8 Å². The minimum atomic E-state index is -0.351. The molecule has 1 aliphatic heterocycles. The van der Waals surface area contributed by atoms with E-state index in [1.807, 2.05) is 29.2 Å². The van der Waals surface area contributed by atoms with E-state index in [0.29, 0.717) is 31.6 Å². The first kappa shape index (κ1) is 21.8. The van der Waals surface area contributed by atoms with Crippen molar-refractivity contribution in [3.8, 4) is 5.75 Å². The molecule has 3 rings (SSSR count). The Bertz CT molecular complexity index is 869. The summed E-state index contributed by atoms with van der Waals surface area (Å²) >= 11 is 0. The Morgan fingerprint density at radius 2 is 1.87 bits per heavy atom. The van der Waals surface area contributed by atoms with Gasteiger partial charge in [0, 0.05) is 37.2 Å². The van der Waals surface area contributed by atoms with Crippen LogP contribution in [0, 0.1) is 17.7 Å². The molecular weight excluding hydrogens is 383 g/mol. The molecule has 5 nitrogen and oxygen atoms in total. The Morgan fingerprint density at radius 3 is 2.57 bits per heavy atom. The van der Waals surface area contributed by atoms with Gasteiger partial charge >= 0.3 is 0 Å². The van der Waals surface area contributed by atoms with Crippen molar-refractivity contribution in [3.05, 3.63) is 65.5 Å². The highest BCUT2D eigenvalue weighted by Crippen LogP contribution is 2.30. The summed E-state index contributed by atoms with van der Waals surface area (Å²) in [6.45, 7) is 3.76. The molecule has 1 saturated heterocycles. The lowest BCUT2D eigenvalue weighted by molar-refractivity contribution is -0.123. The number of amides is 2. The van der Waals surface area contributed by atoms with Crippen molar-refractivity contribution in [1.29, 1.82) is 0 Å². The lowest BCUT2D eigenvalue weighted by Crippen LogP contribution is -2.44. The third kappa shape index (κ3) is 5.38. The molecule has 1 N–H and O–H groups in total. The number of halogens is 1. The van der Waals surface area contributed by atoms with E-state index in [9.17, 15) is 14.0 Å². The van der Waals surface area contributed by atoms with E-state index >= 15 is 0 Å². The number of likely N-dealkylation sites (tertiary alicyclic amines) is 1. The molecular formula is C24H29FN2O3. The van der Waals surface area contributed by atoms with E-state index in [2.05, 4.69) is 12.2 Å². The van der Waals surface area contributed by atoms with E-state index < -0.39 is 0 Å². The van der Waals surface area contributed by atoms with Crippen molar-refractivity contribution < 1.29 is 18.7 Å². The van der Waals surface area contributed by atoms with Gasteiger partial charge in [0.2, 0.25) is 5.91 Å². The van der Waals surface area contributed by atoms with Gasteiger partial charge in [-0.25, -0.2) is 4.39 Å². The second kappa shape index (κ2) is 10.2. The minimum Gasteiger partial charge on any atom is -0.496 e. The lowest BCUT2D eigenvalue weighted by atomic mass is 9.81. The van der Waals surface area contributed by atoms with Crippen LogP contribution in [0.2, 0.25) is 0 Å². The third-order valence-corrected chi connectivity index (χ3v) is 5.91. The van der Waals surface area contributed by atoms with Gasteiger partial charge < -0.3 is 15.0 Å².